The van der Waals surface area contributed by atoms with Crippen LogP contribution in [0.1, 0.15) is 0 Å². The summed E-state index contributed by atoms with van der Waals surface area (Å²) in [6, 6.07) is 0. The fourth-order valence-electron chi connectivity index (χ4n) is 0. The van der Waals surface area contributed by atoms with Gasteiger partial charge in [0.05, 0.1) is 0 Å². The van der Waals surface area contributed by atoms with Crippen LogP contribution in [0.2, 0.25) is 0 Å². The van der Waals surface area contributed by atoms with E-state index in [1.165, 1.54) is 0 Å². The van der Waals surface area contributed by atoms with Crippen molar-refractivity contribution in [3.63, 3.8) is 0 Å². The third kappa shape index (κ3) is 29.4. The van der Waals surface area contributed by atoms with Gasteiger partial charge in [-0.1, -0.05) is 6.58 Å². The molecule has 5 heteroatoms. The van der Waals surface area contributed by atoms with Crippen molar-refractivity contribution in [1.29, 1.82) is 0 Å². The van der Waals surface area contributed by atoms with Gasteiger partial charge in [0.2, 0.25) is 0 Å². The summed E-state index contributed by atoms with van der Waals surface area (Å²) >= 11 is 0. The van der Waals surface area contributed by atoms with Crippen LogP contribution in [0.25, 0.3) is 0 Å². The molecule has 0 aromatic heterocycles. The molecule has 4 nitrogen and oxygen atoms in total. The average molecular weight is 146 g/mol. The van der Waals surface area contributed by atoms with Crippen molar-refractivity contribution in [2.75, 3.05) is 0 Å². The Morgan fingerprint density at radius 1 is 1.50 bits per heavy atom. The van der Waals surface area contributed by atoms with Crippen LogP contribution in [0.15, 0.2) is 12.7 Å². The first-order valence-electron chi connectivity index (χ1n) is 1.12. The first-order valence-corrected chi connectivity index (χ1v) is 1.12. The van der Waals surface area contributed by atoms with Crippen molar-refractivity contribution in [3.05, 3.63) is 12.7 Å². The molecule has 0 heterocycles. The quantitative estimate of drug-likeness (QED) is 0.355. The van der Waals surface area contributed by atoms with Crippen LogP contribution in [0, 0.1) is 0 Å². The molecule has 0 saturated heterocycles. The molecule has 0 rings (SSSR count). The van der Waals surface area contributed by atoms with Crippen molar-refractivity contribution in [3.8, 4) is 0 Å². The zero-order chi connectivity index (χ0) is 4.28. The number of hydrogen-bond acceptors (Lipinski definition) is 3. The molecule has 0 fully saturated rings. The van der Waals surface area contributed by atoms with E-state index >= 15 is 0 Å². The number of rotatable bonds is 1. The molecular formula is C3H11KN2O2. The van der Waals surface area contributed by atoms with Crippen LogP contribution in [0.4, 0.5) is 0 Å². The second kappa shape index (κ2) is 15.7. The number of carboxylic acid groups (broad SMARTS) is 1. The average Bonchev–Trinajstić information content (AvgIpc) is 1.38. The summed E-state index contributed by atoms with van der Waals surface area (Å²) in [5.41, 5.74) is 0. The predicted molar refractivity (Wildman–Crippen MR) is 35.0 cm³/mol. The summed E-state index contributed by atoms with van der Waals surface area (Å²) in [7, 11) is 0. The molecule has 0 aromatic carbocycles. The Bertz CT molecular complexity index is 66.3. The van der Waals surface area contributed by atoms with E-state index in [0.717, 1.165) is 6.08 Å². The van der Waals surface area contributed by atoms with Gasteiger partial charge in [0.1, 0.15) is 0 Å². The number of carbonyl (C=O) groups is 1. The molecule has 0 radical (unpaired) electrons. The van der Waals surface area contributed by atoms with E-state index in [1.807, 2.05) is 0 Å². The topological polar surface area (TPSA) is 107 Å². The SMILES string of the molecule is C=CC(=O)O.N.N.[KH]. The Kier molecular flexibility index (Phi) is 45.5. The van der Waals surface area contributed by atoms with E-state index in [2.05, 4.69) is 6.58 Å². The molecule has 7 N–H and O–H groups in total. The molecule has 0 amide bonds. The Morgan fingerprint density at radius 2 is 1.62 bits per heavy atom. The standard InChI is InChI=1S/C3H4O2.K.2H3N.H/c1-2-3(4)5;;;;/h2H,1H2,(H,4,5);;2*1H3;. The van der Waals surface area contributed by atoms with Crippen LogP contribution in [-0.2, 0) is 4.79 Å². The summed E-state index contributed by atoms with van der Waals surface area (Å²) in [6.07, 6.45) is 0.833. The maximum absolute atomic E-state index is 9.25. The zero-order valence-corrected chi connectivity index (χ0v) is 4.05. The second-order valence-electron chi connectivity index (χ2n) is 0.542. The number of hydrogen-bond donors (Lipinski definition) is 3. The fourth-order valence-corrected chi connectivity index (χ4v) is 0. The molecule has 0 unspecified atom stereocenters. The van der Waals surface area contributed by atoms with Crippen LogP contribution in [0.5, 0.6) is 0 Å². The van der Waals surface area contributed by atoms with Crippen LogP contribution < -0.4 is 12.3 Å². The van der Waals surface area contributed by atoms with E-state index in [-0.39, 0.29) is 63.7 Å². The van der Waals surface area contributed by atoms with Gasteiger partial charge in [-0.25, -0.2) is 4.79 Å². The van der Waals surface area contributed by atoms with Gasteiger partial charge < -0.3 is 17.4 Å². The van der Waals surface area contributed by atoms with E-state index < -0.39 is 5.97 Å². The molecule has 8 heavy (non-hydrogen) atoms. The van der Waals surface area contributed by atoms with Gasteiger partial charge in [0, 0.05) is 6.08 Å². The Balaban J connectivity index is -0.0000000267. The number of carboxylic acids is 1. The molecular weight excluding hydrogens is 135 g/mol. The van der Waals surface area contributed by atoms with Crippen molar-refractivity contribution in [1.82, 2.24) is 12.3 Å². The molecule has 0 spiro atoms. The normalized spacial score (nSPS) is 4.00. The third-order valence-corrected chi connectivity index (χ3v) is 0.175. The number of aliphatic carboxylic acids is 1. The van der Waals surface area contributed by atoms with Crippen molar-refractivity contribution in [2.24, 2.45) is 0 Å². The van der Waals surface area contributed by atoms with Gasteiger partial charge in [-0.05, 0) is 0 Å². The van der Waals surface area contributed by atoms with Gasteiger partial charge >= 0.3 is 57.4 Å². The molecule has 0 bridgehead atoms. The van der Waals surface area contributed by atoms with E-state index in [4.69, 9.17) is 5.11 Å². The molecule has 0 atom stereocenters. The van der Waals surface area contributed by atoms with Crippen LogP contribution in [-0.4, -0.2) is 62.5 Å². The van der Waals surface area contributed by atoms with Gasteiger partial charge in [-0.3, -0.25) is 0 Å². The first-order chi connectivity index (χ1) is 2.27. The Labute approximate surface area is 90.9 Å². The molecule has 0 aliphatic rings. The second-order valence-corrected chi connectivity index (χ2v) is 0.542. The molecule has 46 valence electrons. The molecule has 0 aliphatic heterocycles. The van der Waals surface area contributed by atoms with Crippen molar-refractivity contribution in [2.45, 2.75) is 0 Å². The summed E-state index contributed by atoms with van der Waals surface area (Å²) < 4.78 is 0. The molecule has 0 aliphatic carbocycles. The maximum atomic E-state index is 9.25. The van der Waals surface area contributed by atoms with Gasteiger partial charge in [-0.2, -0.15) is 0 Å². The monoisotopic (exact) mass is 146 g/mol. The first kappa shape index (κ1) is 23.3. The van der Waals surface area contributed by atoms with Crippen molar-refractivity contribution >= 4 is 57.4 Å². The summed E-state index contributed by atoms with van der Waals surface area (Å²) in [6.45, 7) is 2.96. The van der Waals surface area contributed by atoms with Crippen LogP contribution in [0.3, 0.4) is 0 Å². The predicted octanol–water partition coefficient (Wildman–Crippen LogP) is -0.0675. The summed E-state index contributed by atoms with van der Waals surface area (Å²) in [5.74, 6) is -0.981. The molecule has 0 aromatic rings. The fraction of sp³-hybridized carbons (Fsp3) is 0. The van der Waals surface area contributed by atoms with E-state index in [1.54, 1.807) is 0 Å². The van der Waals surface area contributed by atoms with Gasteiger partial charge in [0.25, 0.3) is 0 Å². The third-order valence-electron chi connectivity index (χ3n) is 0.175. The van der Waals surface area contributed by atoms with E-state index in [0.29, 0.717) is 0 Å². The molecule has 0 saturated carbocycles. The van der Waals surface area contributed by atoms with E-state index in [9.17, 15) is 4.79 Å². The van der Waals surface area contributed by atoms with Crippen molar-refractivity contribution < 1.29 is 9.90 Å². The summed E-state index contributed by atoms with van der Waals surface area (Å²) in [4.78, 5) is 9.25. The minimum absolute atomic E-state index is 0. The minimum atomic E-state index is -0.981. The van der Waals surface area contributed by atoms with Gasteiger partial charge in [0.15, 0.2) is 0 Å². The Morgan fingerprint density at radius 3 is 1.62 bits per heavy atom. The van der Waals surface area contributed by atoms with Crippen LogP contribution >= 0.6 is 0 Å². The van der Waals surface area contributed by atoms with Gasteiger partial charge in [-0.15, -0.1) is 0 Å². The summed E-state index contributed by atoms with van der Waals surface area (Å²) in [5, 5.41) is 7.60. The Hall–Kier alpha value is 0.766. The zero-order valence-electron chi connectivity index (χ0n) is 4.05.